The summed E-state index contributed by atoms with van der Waals surface area (Å²) >= 11 is 0. The molecular formula is C25H36FN5O5S. The second kappa shape index (κ2) is 11.3. The van der Waals surface area contributed by atoms with Crippen LogP contribution in [0.15, 0.2) is 29.2 Å². The molecule has 1 saturated carbocycles. The molecule has 1 aromatic carbocycles. The lowest BCUT2D eigenvalue weighted by molar-refractivity contribution is -0.130. The van der Waals surface area contributed by atoms with Gasteiger partial charge < -0.3 is 20.0 Å². The van der Waals surface area contributed by atoms with Crippen LogP contribution in [0.3, 0.4) is 0 Å². The van der Waals surface area contributed by atoms with Gasteiger partial charge in [0, 0.05) is 39.1 Å². The molecule has 3 amide bonds. The summed E-state index contributed by atoms with van der Waals surface area (Å²) < 4.78 is 43.1. The van der Waals surface area contributed by atoms with Crippen molar-refractivity contribution in [2.24, 2.45) is 11.8 Å². The highest BCUT2D eigenvalue weighted by molar-refractivity contribution is 7.85. The van der Waals surface area contributed by atoms with Crippen molar-refractivity contribution < 1.29 is 27.0 Å². The maximum absolute atomic E-state index is 13.5. The van der Waals surface area contributed by atoms with E-state index in [4.69, 9.17) is 9.81 Å². The van der Waals surface area contributed by atoms with E-state index in [-0.39, 0.29) is 41.9 Å². The molecule has 10 nitrogen and oxygen atoms in total. The van der Waals surface area contributed by atoms with Crippen molar-refractivity contribution in [1.82, 2.24) is 20.0 Å². The first-order valence-electron chi connectivity index (χ1n) is 12.3. The average Bonchev–Trinajstić information content (AvgIpc) is 3.48. The van der Waals surface area contributed by atoms with E-state index >= 15 is 0 Å². The highest BCUT2D eigenvalue weighted by Gasteiger charge is 2.48. The summed E-state index contributed by atoms with van der Waals surface area (Å²) in [5, 5.41) is 12.4. The maximum atomic E-state index is 13.5. The Morgan fingerprint density at radius 3 is 2.24 bits per heavy atom. The number of halogens is 1. The molecule has 37 heavy (non-hydrogen) atoms. The van der Waals surface area contributed by atoms with E-state index in [9.17, 15) is 22.4 Å². The molecule has 0 aromatic heterocycles. The van der Waals surface area contributed by atoms with Gasteiger partial charge in [-0.1, -0.05) is 17.7 Å². The third-order valence-electron chi connectivity index (χ3n) is 7.36. The molecule has 0 bridgehead atoms. The summed E-state index contributed by atoms with van der Waals surface area (Å²) in [6, 6.07) is 7.41. The summed E-state index contributed by atoms with van der Waals surface area (Å²) in [5.41, 5.74) is 0.798. The molecule has 3 aliphatic rings. The number of nitrogens with one attached hydrogen (secondary N) is 1. The minimum Gasteiger partial charge on any atom is -0.331 e. The lowest BCUT2D eigenvalue weighted by Crippen LogP contribution is -2.49. The van der Waals surface area contributed by atoms with E-state index < -0.39 is 22.3 Å². The van der Waals surface area contributed by atoms with Crippen LogP contribution in [-0.4, -0.2) is 97.6 Å². The predicted octanol–water partition coefficient (Wildman–Crippen LogP) is 2.06. The topological polar surface area (TPSA) is 134 Å². The number of carbonyl (C=O) groups excluding carboxylic acids is 2. The van der Waals surface area contributed by atoms with Crippen LogP contribution in [0.2, 0.25) is 0 Å². The molecule has 1 aromatic rings. The average molecular weight is 538 g/mol. The first-order valence-corrected chi connectivity index (χ1v) is 13.7. The molecule has 2 saturated heterocycles. The number of amides is 3. The summed E-state index contributed by atoms with van der Waals surface area (Å²) in [4.78, 5) is 29.3. The second-order valence-corrected chi connectivity index (χ2v) is 12.2. The van der Waals surface area contributed by atoms with E-state index in [1.807, 2.05) is 17.9 Å². The van der Waals surface area contributed by atoms with Crippen LogP contribution in [0.5, 0.6) is 0 Å². The molecule has 4 atom stereocenters. The van der Waals surface area contributed by atoms with Gasteiger partial charge in [0.25, 0.3) is 10.1 Å². The zero-order chi connectivity index (χ0) is 27.5. The fraction of sp³-hybridized carbons (Fsp3) is 0.640. The van der Waals surface area contributed by atoms with Gasteiger partial charge in [0.2, 0.25) is 5.91 Å². The second-order valence-electron chi connectivity index (χ2n) is 10.7. The van der Waals surface area contributed by atoms with Gasteiger partial charge in [0.05, 0.1) is 24.1 Å². The molecule has 0 spiro atoms. The monoisotopic (exact) mass is 537 g/mol. The Morgan fingerprint density at radius 1 is 1.19 bits per heavy atom. The lowest BCUT2D eigenvalue weighted by Gasteiger charge is -2.30. The van der Waals surface area contributed by atoms with Crippen LogP contribution in [0.25, 0.3) is 0 Å². The van der Waals surface area contributed by atoms with Crippen LogP contribution in [0.4, 0.5) is 9.18 Å². The molecule has 12 heteroatoms. The number of aryl methyl sites for hydroxylation is 1. The quantitative estimate of drug-likeness (QED) is 0.562. The van der Waals surface area contributed by atoms with Crippen molar-refractivity contribution in [2.45, 2.75) is 55.8 Å². The number of fused-ring (bicyclic) bond motifs is 1. The Labute approximate surface area is 218 Å². The standard InChI is InChI=1S/C18H28FN5O2.C7H8O3S/c1-18(21-8-16(25)24-11-14(19)4-15(24)7-20)5-12-9-23(10-13(12)6-18)17(26)22(2)3;1-6-2-4-7(5-3-6)11(8,9)10/h12-15,21H,4-6,8-11H2,1-3H3;2-5H,1H3,(H,8,9,10)/t12?,13?,14-,15-,18?;/m0./s1. The van der Waals surface area contributed by atoms with Crippen LogP contribution in [-0.2, 0) is 14.9 Å². The van der Waals surface area contributed by atoms with Gasteiger partial charge in [-0.25, -0.2) is 9.18 Å². The van der Waals surface area contributed by atoms with E-state index in [2.05, 4.69) is 12.2 Å². The van der Waals surface area contributed by atoms with Crippen molar-refractivity contribution in [2.75, 3.05) is 40.3 Å². The summed E-state index contributed by atoms with van der Waals surface area (Å²) in [7, 11) is -0.487. The Bertz CT molecular complexity index is 1120. The van der Waals surface area contributed by atoms with Crippen molar-refractivity contribution in [1.29, 1.82) is 5.26 Å². The van der Waals surface area contributed by atoms with E-state index in [0.29, 0.717) is 11.8 Å². The lowest BCUT2D eigenvalue weighted by atomic mass is 9.98. The first-order chi connectivity index (χ1) is 17.2. The molecule has 1 aliphatic carbocycles. The number of nitriles is 1. The highest BCUT2D eigenvalue weighted by Crippen LogP contribution is 2.43. The van der Waals surface area contributed by atoms with Crippen LogP contribution >= 0.6 is 0 Å². The number of nitrogens with zero attached hydrogens (tertiary/aromatic N) is 4. The molecule has 2 N–H and O–H groups in total. The Balaban J connectivity index is 0.000000289. The van der Waals surface area contributed by atoms with E-state index in [0.717, 1.165) is 31.5 Å². The summed E-state index contributed by atoms with van der Waals surface area (Å²) in [5.74, 6) is 0.681. The molecule has 3 fully saturated rings. The van der Waals surface area contributed by atoms with Crippen molar-refractivity contribution in [3.63, 3.8) is 0 Å². The van der Waals surface area contributed by atoms with Crippen LogP contribution < -0.4 is 5.32 Å². The van der Waals surface area contributed by atoms with E-state index in [1.165, 1.54) is 17.0 Å². The normalized spacial score (nSPS) is 28.8. The smallest absolute Gasteiger partial charge is 0.319 e. The Kier molecular flexibility index (Phi) is 8.82. The largest absolute Gasteiger partial charge is 0.331 e. The molecule has 2 aliphatic heterocycles. The molecule has 204 valence electrons. The van der Waals surface area contributed by atoms with Gasteiger partial charge >= 0.3 is 6.03 Å². The van der Waals surface area contributed by atoms with Gasteiger partial charge in [0.1, 0.15) is 12.2 Å². The first kappa shape index (κ1) is 28.8. The molecule has 4 rings (SSSR count). The van der Waals surface area contributed by atoms with Crippen LogP contribution in [0, 0.1) is 30.1 Å². The van der Waals surface area contributed by atoms with Crippen molar-refractivity contribution in [3.8, 4) is 6.07 Å². The Morgan fingerprint density at radius 2 is 1.76 bits per heavy atom. The highest BCUT2D eigenvalue weighted by atomic mass is 32.2. The van der Waals surface area contributed by atoms with Crippen LogP contribution in [0.1, 0.15) is 31.7 Å². The number of benzene rings is 1. The maximum Gasteiger partial charge on any atom is 0.319 e. The third-order valence-corrected chi connectivity index (χ3v) is 8.23. The number of rotatable bonds is 4. The Hall–Kier alpha value is -2.75. The van der Waals surface area contributed by atoms with Crippen molar-refractivity contribution in [3.05, 3.63) is 29.8 Å². The number of hydrogen-bond donors (Lipinski definition) is 2. The van der Waals surface area contributed by atoms with Gasteiger partial charge in [-0.3, -0.25) is 9.35 Å². The summed E-state index contributed by atoms with van der Waals surface area (Å²) in [6.45, 7) is 5.62. The minimum atomic E-state index is -4.02. The fourth-order valence-corrected chi connectivity index (χ4v) is 5.99. The fourth-order valence-electron chi connectivity index (χ4n) is 5.51. The number of likely N-dealkylation sites (tertiary alicyclic amines) is 2. The van der Waals surface area contributed by atoms with E-state index in [1.54, 1.807) is 31.1 Å². The van der Waals surface area contributed by atoms with Crippen molar-refractivity contribution >= 4 is 22.1 Å². The minimum absolute atomic E-state index is 0.0162. The predicted molar refractivity (Wildman–Crippen MR) is 135 cm³/mol. The third kappa shape index (κ3) is 7.18. The molecular weight excluding hydrogens is 501 g/mol. The molecule has 2 unspecified atom stereocenters. The number of carbonyl (C=O) groups is 2. The van der Waals surface area contributed by atoms with Gasteiger partial charge in [-0.15, -0.1) is 0 Å². The SMILES string of the molecule is CN(C)C(=O)N1CC2CC(C)(NCC(=O)N3C[C@@H](F)C[C@H]3C#N)CC2C1.Cc1ccc(S(=O)(=O)O)cc1. The van der Waals surface area contributed by atoms with Gasteiger partial charge in [-0.05, 0) is 50.7 Å². The number of urea groups is 1. The zero-order valence-corrected chi connectivity index (χ0v) is 22.5. The van der Waals surface area contributed by atoms with Gasteiger partial charge in [-0.2, -0.15) is 13.7 Å². The number of hydrogen-bond acceptors (Lipinski definition) is 6. The zero-order valence-electron chi connectivity index (χ0n) is 21.7. The van der Waals surface area contributed by atoms with Gasteiger partial charge in [0.15, 0.2) is 0 Å². The summed E-state index contributed by atoms with van der Waals surface area (Å²) in [6.07, 6.45) is 0.829. The number of alkyl halides is 1. The molecule has 2 heterocycles. The molecule has 0 radical (unpaired) electrons.